The fraction of sp³-hybridized carbons (Fsp3) is 1.00. The molecular formula is C7H11F2I. The Labute approximate surface area is 76.4 Å². The Morgan fingerprint density at radius 1 is 1.40 bits per heavy atom. The van der Waals surface area contributed by atoms with Crippen molar-refractivity contribution in [3.05, 3.63) is 0 Å². The van der Waals surface area contributed by atoms with Crippen LogP contribution in [-0.2, 0) is 0 Å². The summed E-state index contributed by atoms with van der Waals surface area (Å²) in [5, 5.41) is 0. The van der Waals surface area contributed by atoms with Crippen molar-refractivity contribution in [2.75, 3.05) is 0 Å². The molecule has 0 bridgehead atoms. The van der Waals surface area contributed by atoms with E-state index < -0.39 is 11.3 Å². The molecule has 0 radical (unpaired) electrons. The first-order valence-corrected chi connectivity index (χ1v) is 3.47. The van der Waals surface area contributed by atoms with E-state index in [4.69, 9.17) is 0 Å². The lowest BCUT2D eigenvalue weighted by Crippen LogP contribution is -2.06. The maximum atomic E-state index is 12.6. The Bertz CT molecular complexity index is 158. The summed E-state index contributed by atoms with van der Waals surface area (Å²) in [6, 6.07) is 0. The molecule has 0 aliphatic heterocycles. The Balaban J connectivity index is 0.000000500. The summed E-state index contributed by atoms with van der Waals surface area (Å²) in [7, 11) is 0. The molecule has 0 aromatic rings. The van der Waals surface area contributed by atoms with Crippen molar-refractivity contribution in [1.82, 2.24) is 0 Å². The van der Waals surface area contributed by atoms with Crippen LogP contribution in [0.2, 0.25) is 0 Å². The average molecular weight is 260 g/mol. The molecule has 0 N–H and O–H groups in total. The van der Waals surface area contributed by atoms with Gasteiger partial charge in [-0.05, 0) is 12.8 Å². The second-order valence-electron chi connectivity index (χ2n) is 3.49. The molecule has 2 atom stereocenters. The summed E-state index contributed by atoms with van der Waals surface area (Å²) < 4.78 is 25.3. The van der Waals surface area contributed by atoms with E-state index in [1.165, 1.54) is 0 Å². The van der Waals surface area contributed by atoms with Gasteiger partial charge in [0.2, 0.25) is 0 Å². The van der Waals surface area contributed by atoms with Crippen LogP contribution < -0.4 is 0 Å². The molecule has 2 unspecified atom stereocenters. The summed E-state index contributed by atoms with van der Waals surface area (Å²) >= 11 is 0. The van der Waals surface area contributed by atoms with Gasteiger partial charge in [0, 0.05) is 11.3 Å². The SMILES string of the molecule is CC12CCCC1C2(F)F.I. The summed E-state index contributed by atoms with van der Waals surface area (Å²) in [5.41, 5.74) is -0.576. The molecule has 3 heteroatoms. The minimum Gasteiger partial charge on any atom is -0.206 e. The molecule has 0 aromatic heterocycles. The topological polar surface area (TPSA) is 0 Å². The fourth-order valence-electron chi connectivity index (χ4n) is 2.19. The molecule has 2 rings (SSSR count). The highest BCUT2D eigenvalue weighted by molar-refractivity contribution is 14.0. The van der Waals surface area contributed by atoms with E-state index >= 15 is 0 Å². The van der Waals surface area contributed by atoms with Crippen LogP contribution in [0.4, 0.5) is 8.78 Å². The van der Waals surface area contributed by atoms with Crippen LogP contribution in [0.5, 0.6) is 0 Å². The van der Waals surface area contributed by atoms with Crippen LogP contribution in [0, 0.1) is 11.3 Å². The van der Waals surface area contributed by atoms with Gasteiger partial charge in [-0.1, -0.05) is 13.3 Å². The quantitative estimate of drug-likeness (QED) is 0.587. The lowest BCUT2D eigenvalue weighted by atomic mass is 10.1. The lowest BCUT2D eigenvalue weighted by molar-refractivity contribution is 0.0498. The Morgan fingerprint density at radius 2 is 2.00 bits per heavy atom. The molecule has 0 saturated heterocycles. The van der Waals surface area contributed by atoms with E-state index in [1.807, 2.05) is 0 Å². The van der Waals surface area contributed by atoms with Gasteiger partial charge in [0.25, 0.3) is 5.92 Å². The third-order valence-electron chi connectivity index (χ3n) is 3.07. The molecule has 0 nitrogen and oxygen atoms in total. The van der Waals surface area contributed by atoms with E-state index in [2.05, 4.69) is 0 Å². The van der Waals surface area contributed by atoms with Crippen LogP contribution in [0.1, 0.15) is 26.2 Å². The zero-order valence-electron chi connectivity index (χ0n) is 5.86. The second kappa shape index (κ2) is 2.05. The number of rotatable bonds is 0. The van der Waals surface area contributed by atoms with Gasteiger partial charge in [-0.25, -0.2) is 8.78 Å². The van der Waals surface area contributed by atoms with E-state index in [0.29, 0.717) is 0 Å². The standard InChI is InChI=1S/C7H10F2.HI/c1-6-4-2-3-5(6)7(6,8)9;/h5H,2-4H2,1H3;1H. The highest BCUT2D eigenvalue weighted by atomic mass is 127. The summed E-state index contributed by atoms with van der Waals surface area (Å²) in [5.74, 6) is -2.56. The zero-order valence-corrected chi connectivity index (χ0v) is 8.19. The minimum atomic E-state index is -2.30. The first-order valence-electron chi connectivity index (χ1n) is 3.47. The minimum absolute atomic E-state index is 0. The van der Waals surface area contributed by atoms with Crippen molar-refractivity contribution in [3.63, 3.8) is 0 Å². The molecule has 2 aliphatic carbocycles. The monoisotopic (exact) mass is 260 g/mol. The third-order valence-corrected chi connectivity index (χ3v) is 3.07. The van der Waals surface area contributed by atoms with Gasteiger partial charge in [-0.15, -0.1) is 24.0 Å². The van der Waals surface area contributed by atoms with Crippen LogP contribution in [-0.4, -0.2) is 5.92 Å². The third kappa shape index (κ3) is 0.700. The second-order valence-corrected chi connectivity index (χ2v) is 3.49. The van der Waals surface area contributed by atoms with Crippen LogP contribution >= 0.6 is 24.0 Å². The largest absolute Gasteiger partial charge is 0.257 e. The first kappa shape index (κ1) is 8.68. The van der Waals surface area contributed by atoms with Crippen molar-refractivity contribution >= 4 is 24.0 Å². The van der Waals surface area contributed by atoms with Gasteiger partial charge in [0.1, 0.15) is 0 Å². The Kier molecular flexibility index (Phi) is 1.78. The van der Waals surface area contributed by atoms with Gasteiger partial charge in [-0.2, -0.15) is 0 Å². The summed E-state index contributed by atoms with van der Waals surface area (Å²) in [4.78, 5) is 0. The number of hydrogen-bond acceptors (Lipinski definition) is 0. The lowest BCUT2D eigenvalue weighted by Gasteiger charge is -2.04. The Hall–Kier alpha value is 0.590. The van der Waals surface area contributed by atoms with Crippen molar-refractivity contribution in [3.8, 4) is 0 Å². The Morgan fingerprint density at radius 3 is 2.20 bits per heavy atom. The number of fused-ring (bicyclic) bond motifs is 1. The molecule has 0 aromatic carbocycles. The smallest absolute Gasteiger partial charge is 0.206 e. The van der Waals surface area contributed by atoms with E-state index in [0.717, 1.165) is 19.3 Å². The van der Waals surface area contributed by atoms with Gasteiger partial charge in [0.05, 0.1) is 0 Å². The van der Waals surface area contributed by atoms with Gasteiger partial charge in [0.15, 0.2) is 0 Å². The molecule has 2 saturated carbocycles. The summed E-state index contributed by atoms with van der Waals surface area (Å²) in [6.45, 7) is 1.71. The van der Waals surface area contributed by atoms with Crippen LogP contribution in [0.15, 0.2) is 0 Å². The van der Waals surface area contributed by atoms with Gasteiger partial charge < -0.3 is 0 Å². The van der Waals surface area contributed by atoms with Gasteiger partial charge >= 0.3 is 0 Å². The van der Waals surface area contributed by atoms with E-state index in [9.17, 15) is 8.78 Å². The maximum Gasteiger partial charge on any atom is 0.257 e. The van der Waals surface area contributed by atoms with Crippen molar-refractivity contribution in [2.24, 2.45) is 11.3 Å². The maximum absolute atomic E-state index is 12.6. The highest BCUT2D eigenvalue weighted by Gasteiger charge is 2.78. The molecule has 2 aliphatic rings. The average Bonchev–Trinajstić information content (AvgIpc) is 2.21. The van der Waals surface area contributed by atoms with E-state index in [1.54, 1.807) is 6.92 Å². The summed E-state index contributed by atoms with van der Waals surface area (Å²) in [6.07, 6.45) is 2.50. The molecular weight excluding hydrogens is 249 g/mol. The number of alkyl halides is 2. The van der Waals surface area contributed by atoms with Crippen molar-refractivity contribution in [2.45, 2.75) is 32.1 Å². The molecule has 10 heavy (non-hydrogen) atoms. The molecule has 0 spiro atoms. The fourth-order valence-corrected chi connectivity index (χ4v) is 2.19. The predicted molar refractivity (Wildman–Crippen MR) is 45.8 cm³/mol. The van der Waals surface area contributed by atoms with Crippen LogP contribution in [0.3, 0.4) is 0 Å². The first-order chi connectivity index (χ1) is 4.09. The van der Waals surface area contributed by atoms with Gasteiger partial charge in [-0.3, -0.25) is 0 Å². The molecule has 0 amide bonds. The number of halogens is 3. The molecule has 2 fully saturated rings. The predicted octanol–water partition coefficient (Wildman–Crippen LogP) is 3.06. The zero-order chi connectivity index (χ0) is 6.70. The normalized spacial score (nSPS) is 47.7. The molecule has 60 valence electrons. The highest BCUT2D eigenvalue weighted by Crippen LogP contribution is 2.73. The van der Waals surface area contributed by atoms with Crippen LogP contribution in [0.25, 0.3) is 0 Å². The van der Waals surface area contributed by atoms with E-state index in [-0.39, 0.29) is 29.9 Å². The van der Waals surface area contributed by atoms with Crippen molar-refractivity contribution < 1.29 is 8.78 Å². The molecule has 0 heterocycles. The number of hydrogen-bond donors (Lipinski definition) is 0. The van der Waals surface area contributed by atoms with Crippen molar-refractivity contribution in [1.29, 1.82) is 0 Å².